The van der Waals surface area contributed by atoms with Crippen LogP contribution in [0.1, 0.15) is 16.8 Å². The maximum atomic E-state index is 12.2. The van der Waals surface area contributed by atoms with Crippen molar-refractivity contribution in [2.75, 3.05) is 4.90 Å². The number of amides is 1. The zero-order valence-corrected chi connectivity index (χ0v) is 10.6. The summed E-state index contributed by atoms with van der Waals surface area (Å²) in [4.78, 5) is 21.6. The molecule has 6 heteroatoms. The van der Waals surface area contributed by atoms with Crippen LogP contribution in [0.3, 0.4) is 0 Å². The third-order valence-electron chi connectivity index (χ3n) is 3.21. The fourth-order valence-corrected chi connectivity index (χ4v) is 2.28. The Hall–Kier alpha value is -2.78. The fraction of sp³-hybridized carbons (Fsp3) is 0.143. The van der Waals surface area contributed by atoms with Gasteiger partial charge in [0.15, 0.2) is 0 Å². The number of nitrogens with zero attached hydrogens (tertiary/aromatic N) is 4. The van der Waals surface area contributed by atoms with Crippen molar-refractivity contribution in [3.05, 3.63) is 47.4 Å². The van der Waals surface area contributed by atoms with E-state index in [0.717, 1.165) is 16.8 Å². The lowest BCUT2D eigenvalue weighted by Crippen LogP contribution is -2.22. The van der Waals surface area contributed by atoms with Gasteiger partial charge in [-0.25, -0.2) is 9.97 Å². The van der Waals surface area contributed by atoms with Gasteiger partial charge in [0.05, 0.1) is 12.1 Å². The average molecular weight is 265 g/mol. The molecule has 20 heavy (non-hydrogen) atoms. The van der Waals surface area contributed by atoms with Crippen LogP contribution >= 0.6 is 0 Å². The van der Waals surface area contributed by atoms with Gasteiger partial charge in [0.25, 0.3) is 0 Å². The van der Waals surface area contributed by atoms with E-state index >= 15 is 0 Å². The molecule has 0 radical (unpaired) electrons. The number of nitrogens with two attached hydrogens (primary N) is 1. The number of nitriles is 1. The van der Waals surface area contributed by atoms with Gasteiger partial charge in [-0.05, 0) is 17.2 Å². The molecular weight excluding hydrogens is 254 g/mol. The van der Waals surface area contributed by atoms with Crippen molar-refractivity contribution in [2.24, 2.45) is 5.73 Å². The Morgan fingerprint density at radius 1 is 1.35 bits per heavy atom. The Kier molecular flexibility index (Phi) is 2.89. The van der Waals surface area contributed by atoms with E-state index in [1.165, 1.54) is 17.3 Å². The second-order valence-corrected chi connectivity index (χ2v) is 4.45. The molecule has 2 N–H and O–H groups in total. The van der Waals surface area contributed by atoms with Crippen LogP contribution in [-0.4, -0.2) is 15.9 Å². The van der Waals surface area contributed by atoms with E-state index in [1.54, 1.807) is 0 Å². The molecule has 0 saturated heterocycles. The van der Waals surface area contributed by atoms with Gasteiger partial charge in [0.2, 0.25) is 5.91 Å². The molecule has 0 spiro atoms. The lowest BCUT2D eigenvalue weighted by Gasteiger charge is -2.16. The minimum atomic E-state index is -0.0724. The van der Waals surface area contributed by atoms with Crippen LogP contribution in [0.2, 0.25) is 0 Å². The Morgan fingerprint density at radius 2 is 2.20 bits per heavy atom. The number of aromatic nitrogens is 2. The first-order chi connectivity index (χ1) is 9.72. The van der Waals surface area contributed by atoms with Crippen molar-refractivity contribution in [3.63, 3.8) is 0 Å². The average Bonchev–Trinajstić information content (AvgIpc) is 2.82. The maximum Gasteiger partial charge on any atom is 0.237 e. The molecule has 2 heterocycles. The number of anilines is 2. The number of carbonyl (C=O) groups is 1. The van der Waals surface area contributed by atoms with Crippen LogP contribution < -0.4 is 10.6 Å². The summed E-state index contributed by atoms with van der Waals surface area (Å²) in [6, 6.07) is 9.12. The van der Waals surface area contributed by atoms with Crippen LogP contribution in [-0.2, 0) is 17.8 Å². The molecule has 0 atom stereocenters. The zero-order valence-electron chi connectivity index (χ0n) is 10.6. The number of carbonyl (C=O) groups excluding carboxylic acids is 1. The second-order valence-electron chi connectivity index (χ2n) is 4.45. The summed E-state index contributed by atoms with van der Waals surface area (Å²) in [5, 5.41) is 8.88. The van der Waals surface area contributed by atoms with Crippen molar-refractivity contribution < 1.29 is 4.79 Å². The first-order valence-corrected chi connectivity index (χ1v) is 6.10. The van der Waals surface area contributed by atoms with E-state index in [4.69, 9.17) is 11.0 Å². The molecule has 1 aliphatic rings. The highest BCUT2D eigenvalue weighted by atomic mass is 16.2. The van der Waals surface area contributed by atoms with E-state index in [2.05, 4.69) is 9.97 Å². The first kappa shape index (κ1) is 12.3. The van der Waals surface area contributed by atoms with Crippen LogP contribution in [0.25, 0.3) is 0 Å². The Balaban J connectivity index is 2.08. The summed E-state index contributed by atoms with van der Waals surface area (Å²) in [6.45, 7) is 0.438. The van der Waals surface area contributed by atoms with Gasteiger partial charge in [0.1, 0.15) is 23.9 Å². The zero-order chi connectivity index (χ0) is 14.1. The van der Waals surface area contributed by atoms with Gasteiger partial charge < -0.3 is 5.73 Å². The second kappa shape index (κ2) is 4.72. The van der Waals surface area contributed by atoms with E-state index < -0.39 is 0 Å². The summed E-state index contributed by atoms with van der Waals surface area (Å²) in [6.07, 6.45) is 1.60. The Labute approximate surface area is 115 Å². The van der Waals surface area contributed by atoms with Crippen molar-refractivity contribution in [2.45, 2.75) is 13.0 Å². The summed E-state index contributed by atoms with van der Waals surface area (Å²) in [5.74, 6) is 0.345. The Bertz CT molecular complexity index is 735. The van der Waals surface area contributed by atoms with E-state index in [9.17, 15) is 4.79 Å². The van der Waals surface area contributed by atoms with Gasteiger partial charge in [-0.1, -0.05) is 12.1 Å². The largest absolute Gasteiger partial charge is 0.326 e. The van der Waals surface area contributed by atoms with E-state index in [0.29, 0.717) is 18.8 Å². The molecule has 0 aliphatic carbocycles. The molecule has 1 aromatic heterocycles. The van der Waals surface area contributed by atoms with Crippen molar-refractivity contribution >= 4 is 17.4 Å². The lowest BCUT2D eigenvalue weighted by molar-refractivity contribution is -0.116. The van der Waals surface area contributed by atoms with Crippen LogP contribution in [0.4, 0.5) is 11.5 Å². The third kappa shape index (κ3) is 1.90. The normalized spacial score (nSPS) is 13.2. The van der Waals surface area contributed by atoms with Crippen molar-refractivity contribution in [3.8, 4) is 6.07 Å². The topological polar surface area (TPSA) is 95.9 Å². The highest BCUT2D eigenvalue weighted by Crippen LogP contribution is 2.34. The summed E-state index contributed by atoms with van der Waals surface area (Å²) >= 11 is 0. The molecule has 98 valence electrons. The SMILES string of the molecule is N#Cc1cc(N2C(=O)Cc3cc(CN)ccc32)ncn1. The minimum absolute atomic E-state index is 0.0724. The van der Waals surface area contributed by atoms with Gasteiger partial charge >= 0.3 is 0 Å². The van der Waals surface area contributed by atoms with Crippen molar-refractivity contribution in [1.82, 2.24) is 9.97 Å². The highest BCUT2D eigenvalue weighted by Gasteiger charge is 2.29. The molecule has 0 unspecified atom stereocenters. The van der Waals surface area contributed by atoms with Gasteiger partial charge in [-0.2, -0.15) is 5.26 Å². The molecule has 3 rings (SSSR count). The number of hydrogen-bond donors (Lipinski definition) is 1. The number of rotatable bonds is 2. The molecule has 6 nitrogen and oxygen atoms in total. The lowest BCUT2D eigenvalue weighted by atomic mass is 10.1. The smallest absolute Gasteiger partial charge is 0.237 e. The molecule has 1 aliphatic heterocycles. The number of benzene rings is 1. The predicted octanol–water partition coefficient (Wildman–Crippen LogP) is 1.03. The monoisotopic (exact) mass is 265 g/mol. The predicted molar refractivity (Wildman–Crippen MR) is 71.9 cm³/mol. The van der Waals surface area contributed by atoms with Crippen molar-refractivity contribution in [1.29, 1.82) is 5.26 Å². The fourth-order valence-electron chi connectivity index (χ4n) is 2.28. The van der Waals surface area contributed by atoms with E-state index in [1.807, 2.05) is 24.3 Å². The molecule has 2 aromatic rings. The van der Waals surface area contributed by atoms with Gasteiger partial charge in [0, 0.05) is 12.6 Å². The molecule has 1 amide bonds. The quantitative estimate of drug-likeness (QED) is 0.874. The molecule has 1 aromatic carbocycles. The standard InChI is InChI=1S/C14H11N5O/c15-6-9-1-2-12-10(3-9)4-14(20)19(12)13-5-11(7-16)17-8-18-13/h1-3,5,8H,4,6,15H2. The van der Waals surface area contributed by atoms with Crippen LogP contribution in [0.15, 0.2) is 30.6 Å². The van der Waals surface area contributed by atoms with E-state index in [-0.39, 0.29) is 11.6 Å². The number of fused-ring (bicyclic) bond motifs is 1. The number of hydrogen-bond acceptors (Lipinski definition) is 5. The highest BCUT2D eigenvalue weighted by molar-refractivity contribution is 6.06. The summed E-state index contributed by atoms with van der Waals surface area (Å²) in [7, 11) is 0. The maximum absolute atomic E-state index is 12.2. The Morgan fingerprint density at radius 3 is 2.95 bits per heavy atom. The molecular formula is C14H11N5O. The summed E-state index contributed by atoms with van der Waals surface area (Å²) in [5.41, 5.74) is 8.54. The summed E-state index contributed by atoms with van der Waals surface area (Å²) < 4.78 is 0. The molecule has 0 bridgehead atoms. The van der Waals surface area contributed by atoms with Gasteiger partial charge in [-0.15, -0.1) is 0 Å². The molecule has 0 saturated carbocycles. The molecule has 0 fully saturated rings. The third-order valence-corrected chi connectivity index (χ3v) is 3.21. The van der Waals surface area contributed by atoms with Crippen LogP contribution in [0, 0.1) is 11.3 Å². The minimum Gasteiger partial charge on any atom is -0.326 e. The van der Waals surface area contributed by atoms with Gasteiger partial charge in [-0.3, -0.25) is 9.69 Å². The van der Waals surface area contributed by atoms with Crippen LogP contribution in [0.5, 0.6) is 0 Å². The first-order valence-electron chi connectivity index (χ1n) is 6.10.